The third-order valence-corrected chi connectivity index (χ3v) is 4.77. The maximum atomic E-state index is 11.8. The Morgan fingerprint density at radius 2 is 1.75 bits per heavy atom. The maximum Gasteiger partial charge on any atom is 0.314 e. The summed E-state index contributed by atoms with van der Waals surface area (Å²) in [6, 6.07) is -0.255. The molecule has 2 atom stereocenters. The Balaban J connectivity index is 3.94. The minimum atomic E-state index is -0.958. The van der Waals surface area contributed by atoms with Gasteiger partial charge in [-0.15, -0.1) is 0 Å². The number of rotatable bonds is 7. The van der Waals surface area contributed by atoms with E-state index in [0.717, 1.165) is 0 Å². The van der Waals surface area contributed by atoms with Gasteiger partial charge in [-0.05, 0) is 39.5 Å². The number of aliphatic hydroxyl groups is 1. The highest BCUT2D eigenvalue weighted by molar-refractivity contribution is 7.86. The minimum absolute atomic E-state index is 0.153. The van der Waals surface area contributed by atoms with Crippen molar-refractivity contribution in [2.45, 2.75) is 58.8 Å². The molecule has 0 heterocycles. The molecular formula is C14H30N2O3S. The van der Waals surface area contributed by atoms with Gasteiger partial charge < -0.3 is 15.7 Å². The molecule has 0 bridgehead atoms. The Kier molecular flexibility index (Phi) is 7.73. The normalized spacial score (nSPS) is 15.6. The smallest absolute Gasteiger partial charge is 0.314 e. The van der Waals surface area contributed by atoms with Gasteiger partial charge in [-0.2, -0.15) is 0 Å². The summed E-state index contributed by atoms with van der Waals surface area (Å²) in [5.41, 5.74) is -0.153. The van der Waals surface area contributed by atoms with E-state index >= 15 is 0 Å². The highest BCUT2D eigenvalue weighted by Crippen LogP contribution is 2.20. The van der Waals surface area contributed by atoms with Gasteiger partial charge in [0.1, 0.15) is 0 Å². The minimum Gasteiger partial charge on any atom is -0.393 e. The number of urea groups is 1. The first-order chi connectivity index (χ1) is 8.94. The second-order valence-electron chi connectivity index (χ2n) is 6.99. The SMILES string of the molecule is CC(O)CC(C)(C)CNC(=O)NCCS(=O)C(C)(C)C. The lowest BCUT2D eigenvalue weighted by molar-refractivity contribution is 0.129. The molecule has 0 aliphatic carbocycles. The Morgan fingerprint density at radius 1 is 1.20 bits per heavy atom. The van der Waals surface area contributed by atoms with Gasteiger partial charge in [0.15, 0.2) is 0 Å². The molecule has 0 aromatic rings. The van der Waals surface area contributed by atoms with Gasteiger partial charge in [0.25, 0.3) is 0 Å². The standard InChI is InChI=1S/C14H30N2O3S/c1-11(17)9-14(5,6)10-16-12(18)15-7-8-20(19)13(2,3)4/h11,17H,7-10H2,1-6H3,(H2,15,16,18). The zero-order chi connectivity index (χ0) is 16.0. The molecule has 120 valence electrons. The van der Waals surface area contributed by atoms with Crippen LogP contribution >= 0.6 is 0 Å². The van der Waals surface area contributed by atoms with E-state index in [1.807, 2.05) is 34.6 Å². The summed E-state index contributed by atoms with van der Waals surface area (Å²) in [7, 11) is -0.958. The summed E-state index contributed by atoms with van der Waals surface area (Å²) in [5.74, 6) is 0.452. The Labute approximate surface area is 125 Å². The van der Waals surface area contributed by atoms with Crippen molar-refractivity contribution >= 4 is 16.8 Å². The molecule has 0 rings (SSSR count). The lowest BCUT2D eigenvalue weighted by atomic mass is 9.87. The van der Waals surface area contributed by atoms with Crippen LogP contribution < -0.4 is 10.6 Å². The molecule has 0 saturated heterocycles. The van der Waals surface area contributed by atoms with Crippen molar-refractivity contribution < 1.29 is 14.1 Å². The molecule has 3 N–H and O–H groups in total. The van der Waals surface area contributed by atoms with Crippen LogP contribution in [0.25, 0.3) is 0 Å². The average Bonchev–Trinajstić information content (AvgIpc) is 2.23. The average molecular weight is 306 g/mol. The number of hydrogen-bond acceptors (Lipinski definition) is 3. The Bertz CT molecular complexity index is 336. The fourth-order valence-corrected chi connectivity index (χ4v) is 2.72. The summed E-state index contributed by atoms with van der Waals surface area (Å²) in [6.45, 7) is 12.4. The molecule has 0 fully saturated rings. The van der Waals surface area contributed by atoms with Crippen LogP contribution in [0, 0.1) is 5.41 Å². The van der Waals surface area contributed by atoms with Crippen LogP contribution in [0.1, 0.15) is 48.0 Å². The summed E-state index contributed by atoms with van der Waals surface area (Å²) < 4.78 is 11.5. The van der Waals surface area contributed by atoms with Gasteiger partial charge in [-0.1, -0.05) is 13.8 Å². The van der Waals surface area contributed by atoms with E-state index in [2.05, 4.69) is 10.6 Å². The van der Waals surface area contributed by atoms with E-state index in [4.69, 9.17) is 0 Å². The fraction of sp³-hybridized carbons (Fsp3) is 0.929. The van der Waals surface area contributed by atoms with Crippen molar-refractivity contribution in [3.8, 4) is 0 Å². The van der Waals surface area contributed by atoms with Crippen LogP contribution in [0.3, 0.4) is 0 Å². The molecule has 0 saturated carbocycles. The summed E-state index contributed by atoms with van der Waals surface area (Å²) in [4.78, 5) is 11.6. The molecule has 6 heteroatoms. The van der Waals surface area contributed by atoms with E-state index in [0.29, 0.717) is 25.3 Å². The molecule has 2 amide bonds. The lowest BCUT2D eigenvalue weighted by Gasteiger charge is -2.26. The highest BCUT2D eigenvalue weighted by atomic mass is 32.2. The van der Waals surface area contributed by atoms with E-state index in [1.54, 1.807) is 6.92 Å². The summed E-state index contributed by atoms with van der Waals surface area (Å²) in [5, 5.41) is 14.9. The fourth-order valence-electron chi connectivity index (χ4n) is 1.82. The van der Waals surface area contributed by atoms with Crippen LogP contribution in [-0.4, -0.2) is 45.0 Å². The van der Waals surface area contributed by atoms with Crippen molar-refractivity contribution in [1.82, 2.24) is 10.6 Å². The zero-order valence-electron chi connectivity index (χ0n) is 13.6. The van der Waals surface area contributed by atoms with Crippen LogP contribution in [0.2, 0.25) is 0 Å². The number of carbonyl (C=O) groups is 1. The van der Waals surface area contributed by atoms with E-state index in [1.165, 1.54) is 0 Å². The predicted octanol–water partition coefficient (Wildman–Crippen LogP) is 1.63. The first-order valence-corrected chi connectivity index (χ1v) is 8.34. The molecule has 2 unspecified atom stereocenters. The van der Waals surface area contributed by atoms with Crippen molar-refractivity contribution in [2.75, 3.05) is 18.8 Å². The van der Waals surface area contributed by atoms with Crippen LogP contribution in [0.15, 0.2) is 0 Å². The third-order valence-electron chi connectivity index (χ3n) is 2.83. The van der Waals surface area contributed by atoms with Gasteiger partial charge in [0.2, 0.25) is 0 Å². The first-order valence-electron chi connectivity index (χ1n) is 7.02. The van der Waals surface area contributed by atoms with Crippen LogP contribution in [0.5, 0.6) is 0 Å². The van der Waals surface area contributed by atoms with E-state index in [-0.39, 0.29) is 22.3 Å². The van der Waals surface area contributed by atoms with Crippen molar-refractivity contribution in [3.63, 3.8) is 0 Å². The van der Waals surface area contributed by atoms with Gasteiger partial charge in [-0.3, -0.25) is 4.21 Å². The molecule has 0 aromatic carbocycles. The highest BCUT2D eigenvalue weighted by Gasteiger charge is 2.21. The maximum absolute atomic E-state index is 11.8. The molecule has 0 spiro atoms. The topological polar surface area (TPSA) is 78.4 Å². The lowest BCUT2D eigenvalue weighted by Crippen LogP contribution is -2.43. The predicted molar refractivity (Wildman–Crippen MR) is 84.2 cm³/mol. The van der Waals surface area contributed by atoms with Gasteiger partial charge in [-0.25, -0.2) is 4.79 Å². The third kappa shape index (κ3) is 9.31. The number of amides is 2. The molecule has 0 aromatic heterocycles. The molecular weight excluding hydrogens is 276 g/mol. The molecule has 20 heavy (non-hydrogen) atoms. The van der Waals surface area contributed by atoms with Crippen molar-refractivity contribution in [1.29, 1.82) is 0 Å². The number of carbonyl (C=O) groups excluding carboxylic acids is 1. The molecule has 5 nitrogen and oxygen atoms in total. The Morgan fingerprint density at radius 3 is 2.20 bits per heavy atom. The Hall–Kier alpha value is -0.620. The van der Waals surface area contributed by atoms with Crippen LogP contribution in [0.4, 0.5) is 4.79 Å². The summed E-state index contributed by atoms with van der Waals surface area (Å²) in [6.07, 6.45) is 0.241. The van der Waals surface area contributed by atoms with Gasteiger partial charge in [0, 0.05) is 34.4 Å². The van der Waals surface area contributed by atoms with E-state index < -0.39 is 10.8 Å². The first kappa shape index (κ1) is 19.4. The largest absolute Gasteiger partial charge is 0.393 e. The van der Waals surface area contributed by atoms with Crippen molar-refractivity contribution in [3.05, 3.63) is 0 Å². The number of aliphatic hydroxyl groups excluding tert-OH is 1. The van der Waals surface area contributed by atoms with E-state index in [9.17, 15) is 14.1 Å². The second-order valence-corrected chi connectivity index (χ2v) is 9.31. The second kappa shape index (κ2) is 7.98. The zero-order valence-corrected chi connectivity index (χ0v) is 14.4. The van der Waals surface area contributed by atoms with Gasteiger partial charge in [0.05, 0.1) is 6.10 Å². The molecule has 0 radical (unpaired) electrons. The van der Waals surface area contributed by atoms with Crippen LogP contribution in [-0.2, 0) is 10.8 Å². The van der Waals surface area contributed by atoms with Crippen molar-refractivity contribution in [2.24, 2.45) is 5.41 Å². The quantitative estimate of drug-likeness (QED) is 0.669. The summed E-state index contributed by atoms with van der Waals surface area (Å²) >= 11 is 0. The molecule has 0 aliphatic heterocycles. The number of nitrogens with one attached hydrogen (secondary N) is 2. The monoisotopic (exact) mass is 306 g/mol. The molecule has 0 aliphatic rings. The number of hydrogen-bond donors (Lipinski definition) is 3. The van der Waals surface area contributed by atoms with Gasteiger partial charge >= 0.3 is 6.03 Å².